The number of anilines is 1. The van der Waals surface area contributed by atoms with Gasteiger partial charge in [0.15, 0.2) is 0 Å². The van der Waals surface area contributed by atoms with Gasteiger partial charge in [-0.05, 0) is 49.7 Å². The zero-order valence-electron chi connectivity index (χ0n) is 12.5. The summed E-state index contributed by atoms with van der Waals surface area (Å²) in [4.78, 5) is 12.5. The summed E-state index contributed by atoms with van der Waals surface area (Å²) >= 11 is 0. The number of aromatic nitrogens is 1. The van der Waals surface area contributed by atoms with Crippen molar-refractivity contribution in [2.24, 2.45) is 0 Å². The van der Waals surface area contributed by atoms with Gasteiger partial charge in [-0.1, -0.05) is 18.2 Å². The lowest BCUT2D eigenvalue weighted by atomic mass is 10.2. The van der Waals surface area contributed by atoms with Crippen molar-refractivity contribution in [1.29, 1.82) is 0 Å². The van der Waals surface area contributed by atoms with Crippen molar-refractivity contribution in [2.45, 2.75) is 19.9 Å². The maximum Gasteiger partial charge on any atom is 0.247 e. The Morgan fingerprint density at radius 3 is 2.73 bits per heavy atom. The first kappa shape index (κ1) is 14.3. The zero-order valence-corrected chi connectivity index (χ0v) is 12.5. The fraction of sp³-hybridized carbons (Fsp3) is 0.167. The maximum atomic E-state index is 13.2. The molecule has 2 aromatic carbocycles. The number of nitrogens with one attached hydrogen (secondary N) is 1. The number of amides is 1. The van der Waals surface area contributed by atoms with Gasteiger partial charge in [0, 0.05) is 22.8 Å². The number of fused-ring (bicyclic) bond motifs is 1. The summed E-state index contributed by atoms with van der Waals surface area (Å²) < 4.78 is 15.1. The number of nitrogens with zero attached hydrogens (tertiary/aromatic N) is 1. The van der Waals surface area contributed by atoms with Crippen LogP contribution in [0.1, 0.15) is 18.5 Å². The molecule has 1 heterocycles. The van der Waals surface area contributed by atoms with Crippen LogP contribution in [0.4, 0.5) is 10.1 Å². The van der Waals surface area contributed by atoms with Gasteiger partial charge < -0.3 is 9.88 Å². The predicted octanol–water partition coefficient (Wildman–Crippen LogP) is 4.29. The van der Waals surface area contributed by atoms with Gasteiger partial charge in [-0.25, -0.2) is 4.39 Å². The molecular weight excluding hydrogens is 279 g/mol. The van der Waals surface area contributed by atoms with Crippen LogP contribution in [0, 0.1) is 12.7 Å². The Kier molecular flexibility index (Phi) is 3.67. The van der Waals surface area contributed by atoms with Crippen molar-refractivity contribution in [3.05, 3.63) is 66.1 Å². The molecule has 1 atom stereocenters. The van der Waals surface area contributed by atoms with Crippen molar-refractivity contribution >= 4 is 22.5 Å². The lowest BCUT2D eigenvalue weighted by molar-refractivity contribution is -0.118. The average Bonchev–Trinajstić information content (AvgIpc) is 2.91. The summed E-state index contributed by atoms with van der Waals surface area (Å²) in [7, 11) is 0. The third kappa shape index (κ3) is 2.60. The van der Waals surface area contributed by atoms with Crippen LogP contribution in [0.5, 0.6) is 0 Å². The molecule has 0 aliphatic rings. The Morgan fingerprint density at radius 1 is 1.18 bits per heavy atom. The summed E-state index contributed by atoms with van der Waals surface area (Å²) in [6.07, 6.45) is 1.81. The van der Waals surface area contributed by atoms with Crippen LogP contribution in [0.15, 0.2) is 54.7 Å². The number of carbonyl (C=O) groups is 1. The van der Waals surface area contributed by atoms with E-state index in [-0.39, 0.29) is 17.8 Å². The molecule has 1 aromatic heterocycles. The molecule has 0 radical (unpaired) electrons. The van der Waals surface area contributed by atoms with Gasteiger partial charge in [0.1, 0.15) is 11.9 Å². The monoisotopic (exact) mass is 296 g/mol. The number of hydrogen-bond acceptors (Lipinski definition) is 1. The lowest BCUT2D eigenvalue weighted by Gasteiger charge is -2.16. The van der Waals surface area contributed by atoms with Crippen LogP contribution < -0.4 is 5.32 Å². The predicted molar refractivity (Wildman–Crippen MR) is 86.4 cm³/mol. The Morgan fingerprint density at radius 2 is 1.95 bits per heavy atom. The molecule has 0 fully saturated rings. The van der Waals surface area contributed by atoms with E-state index in [0.717, 1.165) is 22.2 Å². The molecule has 3 rings (SSSR count). The van der Waals surface area contributed by atoms with Crippen LogP contribution in [0.3, 0.4) is 0 Å². The highest BCUT2D eigenvalue weighted by molar-refractivity contribution is 5.95. The molecule has 1 amide bonds. The molecule has 0 spiro atoms. The van der Waals surface area contributed by atoms with Gasteiger partial charge in [0.2, 0.25) is 5.91 Å². The van der Waals surface area contributed by atoms with Crippen LogP contribution in [0.2, 0.25) is 0 Å². The van der Waals surface area contributed by atoms with Crippen molar-refractivity contribution in [3.8, 4) is 0 Å². The van der Waals surface area contributed by atoms with E-state index in [1.807, 2.05) is 54.9 Å². The normalized spacial score (nSPS) is 12.3. The largest absolute Gasteiger partial charge is 0.335 e. The van der Waals surface area contributed by atoms with Gasteiger partial charge in [0.25, 0.3) is 0 Å². The van der Waals surface area contributed by atoms with E-state index in [1.54, 1.807) is 6.07 Å². The van der Waals surface area contributed by atoms with E-state index in [4.69, 9.17) is 0 Å². The summed E-state index contributed by atoms with van der Waals surface area (Å²) in [5.41, 5.74) is 2.66. The number of aryl methyl sites for hydroxylation is 1. The van der Waals surface area contributed by atoms with Crippen LogP contribution in [0.25, 0.3) is 10.9 Å². The standard InChI is InChI=1S/C18H17FN2O/c1-12-5-3-4-6-16(12)20-18(22)13(2)21-10-9-14-11-15(19)7-8-17(14)21/h3-11,13H,1-2H3,(H,20,22). The van der Waals surface area contributed by atoms with Gasteiger partial charge in [-0.2, -0.15) is 0 Å². The molecule has 1 N–H and O–H groups in total. The van der Waals surface area contributed by atoms with Gasteiger partial charge in [-0.15, -0.1) is 0 Å². The second-order valence-electron chi connectivity index (χ2n) is 5.41. The molecule has 112 valence electrons. The molecule has 3 aromatic rings. The first-order valence-electron chi connectivity index (χ1n) is 7.19. The Hall–Kier alpha value is -2.62. The van der Waals surface area contributed by atoms with E-state index in [1.165, 1.54) is 12.1 Å². The number of para-hydroxylation sites is 1. The molecule has 3 nitrogen and oxygen atoms in total. The summed E-state index contributed by atoms with van der Waals surface area (Å²) in [5, 5.41) is 3.73. The molecule has 0 saturated carbocycles. The Balaban J connectivity index is 1.87. The molecule has 4 heteroatoms. The topological polar surface area (TPSA) is 34.0 Å². The van der Waals surface area contributed by atoms with Gasteiger partial charge in [0.05, 0.1) is 0 Å². The second kappa shape index (κ2) is 5.64. The first-order valence-corrected chi connectivity index (χ1v) is 7.19. The minimum atomic E-state index is -0.387. The molecule has 22 heavy (non-hydrogen) atoms. The van der Waals surface area contributed by atoms with Crippen LogP contribution in [-0.4, -0.2) is 10.5 Å². The highest BCUT2D eigenvalue weighted by Gasteiger charge is 2.17. The molecule has 0 aliphatic carbocycles. The fourth-order valence-corrected chi connectivity index (χ4v) is 2.55. The highest BCUT2D eigenvalue weighted by Crippen LogP contribution is 2.22. The maximum absolute atomic E-state index is 13.2. The first-order chi connectivity index (χ1) is 10.6. The van der Waals surface area contributed by atoms with Crippen molar-refractivity contribution in [1.82, 2.24) is 4.57 Å². The van der Waals surface area contributed by atoms with E-state index >= 15 is 0 Å². The third-order valence-electron chi connectivity index (χ3n) is 3.88. The quantitative estimate of drug-likeness (QED) is 0.768. The number of carbonyl (C=O) groups excluding carboxylic acids is 1. The van der Waals surface area contributed by atoms with Crippen LogP contribution in [-0.2, 0) is 4.79 Å². The minimum absolute atomic E-state index is 0.101. The van der Waals surface area contributed by atoms with Crippen LogP contribution >= 0.6 is 0 Å². The molecule has 0 aliphatic heterocycles. The van der Waals surface area contributed by atoms with E-state index in [2.05, 4.69) is 5.32 Å². The lowest BCUT2D eigenvalue weighted by Crippen LogP contribution is -2.23. The van der Waals surface area contributed by atoms with E-state index < -0.39 is 0 Å². The van der Waals surface area contributed by atoms with Gasteiger partial charge in [-0.3, -0.25) is 4.79 Å². The fourth-order valence-electron chi connectivity index (χ4n) is 2.55. The van der Waals surface area contributed by atoms with Crippen molar-refractivity contribution in [3.63, 3.8) is 0 Å². The summed E-state index contributed by atoms with van der Waals surface area (Å²) in [6.45, 7) is 3.78. The Bertz CT molecular complexity index is 838. The molecular formula is C18H17FN2O. The average molecular weight is 296 g/mol. The molecule has 0 bridgehead atoms. The number of benzene rings is 2. The molecule has 1 unspecified atom stereocenters. The number of rotatable bonds is 3. The summed E-state index contributed by atoms with van der Waals surface area (Å²) in [5.74, 6) is -0.376. The number of hydrogen-bond donors (Lipinski definition) is 1. The number of halogens is 1. The Labute approximate surface area is 128 Å². The van der Waals surface area contributed by atoms with Gasteiger partial charge >= 0.3 is 0 Å². The zero-order chi connectivity index (χ0) is 15.7. The van der Waals surface area contributed by atoms with E-state index in [0.29, 0.717) is 0 Å². The van der Waals surface area contributed by atoms with Crippen molar-refractivity contribution in [2.75, 3.05) is 5.32 Å². The minimum Gasteiger partial charge on any atom is -0.335 e. The second-order valence-corrected chi connectivity index (χ2v) is 5.41. The van der Waals surface area contributed by atoms with E-state index in [9.17, 15) is 9.18 Å². The SMILES string of the molecule is Cc1ccccc1NC(=O)C(C)n1ccc2cc(F)ccc21. The molecule has 0 saturated heterocycles. The highest BCUT2D eigenvalue weighted by atomic mass is 19.1. The smallest absolute Gasteiger partial charge is 0.247 e. The van der Waals surface area contributed by atoms with Crippen molar-refractivity contribution < 1.29 is 9.18 Å². The summed E-state index contributed by atoms with van der Waals surface area (Å²) in [6, 6.07) is 13.7. The third-order valence-corrected chi connectivity index (χ3v) is 3.88.